The van der Waals surface area contributed by atoms with E-state index in [1.807, 2.05) is 24.4 Å². The highest BCUT2D eigenvalue weighted by atomic mass is 32.1. The van der Waals surface area contributed by atoms with Crippen LogP contribution >= 0.6 is 11.3 Å². The first kappa shape index (κ1) is 18.6. The standard InChI is InChI=1S/C22H18O4S/c1-15-5-9-17(10-6-15)18(23)11-7-16-8-12-19(20(14-16)25-2)26-22(24)21-4-3-13-27-21/h3-14H,1-2H3/b11-7+. The molecule has 1 heterocycles. The molecule has 0 unspecified atom stereocenters. The summed E-state index contributed by atoms with van der Waals surface area (Å²) in [5.41, 5.74) is 2.50. The fourth-order valence-electron chi connectivity index (χ4n) is 2.40. The Morgan fingerprint density at radius 3 is 2.44 bits per heavy atom. The smallest absolute Gasteiger partial charge is 0.353 e. The maximum absolute atomic E-state index is 12.2. The third-order valence-corrected chi connectivity index (χ3v) is 4.73. The van der Waals surface area contributed by atoms with Crippen LogP contribution in [0, 0.1) is 6.92 Å². The van der Waals surface area contributed by atoms with E-state index in [2.05, 4.69) is 0 Å². The summed E-state index contributed by atoms with van der Waals surface area (Å²) in [5.74, 6) is 0.242. The molecule has 5 heteroatoms. The number of ether oxygens (including phenoxy) is 2. The van der Waals surface area contributed by atoms with Gasteiger partial charge in [-0.05, 0) is 42.1 Å². The molecule has 3 rings (SSSR count). The maximum Gasteiger partial charge on any atom is 0.353 e. The van der Waals surface area contributed by atoms with Gasteiger partial charge in [0.05, 0.1) is 7.11 Å². The van der Waals surface area contributed by atoms with E-state index in [9.17, 15) is 9.59 Å². The van der Waals surface area contributed by atoms with E-state index in [4.69, 9.17) is 9.47 Å². The van der Waals surface area contributed by atoms with Crippen molar-refractivity contribution in [3.8, 4) is 11.5 Å². The molecule has 0 spiro atoms. The Morgan fingerprint density at radius 1 is 1.00 bits per heavy atom. The van der Waals surface area contributed by atoms with E-state index in [0.29, 0.717) is 21.9 Å². The van der Waals surface area contributed by atoms with Crippen LogP contribution in [-0.2, 0) is 0 Å². The average molecular weight is 378 g/mol. The lowest BCUT2D eigenvalue weighted by molar-refractivity contribution is 0.0734. The van der Waals surface area contributed by atoms with Crippen LogP contribution in [-0.4, -0.2) is 18.9 Å². The van der Waals surface area contributed by atoms with Gasteiger partial charge in [-0.15, -0.1) is 11.3 Å². The Morgan fingerprint density at radius 2 is 1.78 bits per heavy atom. The van der Waals surface area contributed by atoms with E-state index in [0.717, 1.165) is 11.1 Å². The molecule has 136 valence electrons. The second-order valence-electron chi connectivity index (χ2n) is 5.84. The van der Waals surface area contributed by atoms with Gasteiger partial charge in [0.25, 0.3) is 0 Å². The molecule has 0 saturated carbocycles. The van der Waals surface area contributed by atoms with E-state index in [1.165, 1.54) is 24.5 Å². The Labute approximate surface area is 161 Å². The van der Waals surface area contributed by atoms with Gasteiger partial charge in [0, 0.05) is 5.56 Å². The molecule has 27 heavy (non-hydrogen) atoms. The molecule has 3 aromatic rings. The van der Waals surface area contributed by atoms with Crippen LogP contribution in [0.4, 0.5) is 0 Å². The van der Waals surface area contributed by atoms with Crippen molar-refractivity contribution >= 4 is 29.2 Å². The van der Waals surface area contributed by atoms with Crippen molar-refractivity contribution in [1.82, 2.24) is 0 Å². The molecule has 0 fully saturated rings. The molecule has 0 aliphatic carbocycles. The van der Waals surface area contributed by atoms with Crippen LogP contribution < -0.4 is 9.47 Å². The number of allylic oxidation sites excluding steroid dienone is 1. The number of carbonyl (C=O) groups is 2. The fraction of sp³-hybridized carbons (Fsp3) is 0.0909. The quantitative estimate of drug-likeness (QED) is 0.257. The first-order valence-electron chi connectivity index (χ1n) is 8.29. The second-order valence-corrected chi connectivity index (χ2v) is 6.79. The van der Waals surface area contributed by atoms with Gasteiger partial charge in [-0.2, -0.15) is 0 Å². The molecule has 0 atom stereocenters. The number of hydrogen-bond donors (Lipinski definition) is 0. The summed E-state index contributed by atoms with van der Waals surface area (Å²) in [6.45, 7) is 1.98. The van der Waals surface area contributed by atoms with E-state index in [1.54, 1.807) is 48.5 Å². The summed E-state index contributed by atoms with van der Waals surface area (Å²) in [6.07, 6.45) is 3.21. The predicted molar refractivity (Wildman–Crippen MR) is 107 cm³/mol. The predicted octanol–water partition coefficient (Wildman–Crippen LogP) is 5.18. The molecule has 0 aliphatic rings. The number of hydrogen-bond acceptors (Lipinski definition) is 5. The summed E-state index contributed by atoms with van der Waals surface area (Å²) in [6, 6.07) is 16.0. The lowest BCUT2D eigenvalue weighted by atomic mass is 10.1. The summed E-state index contributed by atoms with van der Waals surface area (Å²) in [4.78, 5) is 24.9. The van der Waals surface area contributed by atoms with Crippen molar-refractivity contribution in [1.29, 1.82) is 0 Å². The van der Waals surface area contributed by atoms with Gasteiger partial charge in [0.15, 0.2) is 17.3 Å². The van der Waals surface area contributed by atoms with E-state index < -0.39 is 5.97 Å². The average Bonchev–Trinajstić information content (AvgIpc) is 3.22. The molecule has 0 amide bonds. The van der Waals surface area contributed by atoms with Gasteiger partial charge < -0.3 is 9.47 Å². The summed E-state index contributed by atoms with van der Waals surface area (Å²) >= 11 is 1.31. The summed E-state index contributed by atoms with van der Waals surface area (Å²) < 4.78 is 10.7. The molecule has 0 N–H and O–H groups in total. The lowest BCUT2D eigenvalue weighted by Gasteiger charge is -2.09. The van der Waals surface area contributed by atoms with Crippen molar-refractivity contribution in [2.24, 2.45) is 0 Å². The van der Waals surface area contributed by atoms with Crippen molar-refractivity contribution in [3.05, 3.63) is 87.6 Å². The second kappa shape index (κ2) is 8.47. The van der Waals surface area contributed by atoms with Crippen molar-refractivity contribution < 1.29 is 19.1 Å². The summed E-state index contributed by atoms with van der Waals surface area (Å²) in [7, 11) is 1.50. The van der Waals surface area contributed by atoms with Crippen LogP contribution in [0.25, 0.3) is 6.08 Å². The molecule has 2 aromatic carbocycles. The lowest BCUT2D eigenvalue weighted by Crippen LogP contribution is -2.07. The highest BCUT2D eigenvalue weighted by Gasteiger charge is 2.13. The number of benzene rings is 2. The van der Waals surface area contributed by atoms with Gasteiger partial charge in [0.1, 0.15) is 4.88 Å². The van der Waals surface area contributed by atoms with Gasteiger partial charge in [-0.1, -0.05) is 48.0 Å². The minimum atomic E-state index is -0.429. The van der Waals surface area contributed by atoms with Crippen molar-refractivity contribution in [2.75, 3.05) is 7.11 Å². The first-order valence-corrected chi connectivity index (χ1v) is 9.17. The SMILES string of the molecule is COc1cc(/C=C/C(=O)c2ccc(C)cc2)ccc1OC(=O)c1cccs1. The number of rotatable bonds is 6. The van der Waals surface area contributed by atoms with Crippen LogP contribution in [0.15, 0.2) is 66.1 Å². The van der Waals surface area contributed by atoms with Crippen LogP contribution in [0.1, 0.15) is 31.2 Å². The Hall–Kier alpha value is -3.18. The van der Waals surface area contributed by atoms with Gasteiger partial charge in [-0.3, -0.25) is 4.79 Å². The minimum absolute atomic E-state index is 0.0813. The highest BCUT2D eigenvalue weighted by Crippen LogP contribution is 2.29. The van der Waals surface area contributed by atoms with Crippen LogP contribution in [0.5, 0.6) is 11.5 Å². The number of carbonyl (C=O) groups excluding carboxylic acids is 2. The zero-order valence-electron chi connectivity index (χ0n) is 15.0. The highest BCUT2D eigenvalue weighted by molar-refractivity contribution is 7.12. The van der Waals surface area contributed by atoms with Crippen molar-refractivity contribution in [2.45, 2.75) is 6.92 Å². The Bertz CT molecular complexity index is 970. The normalized spacial score (nSPS) is 10.7. The Balaban J connectivity index is 1.74. The summed E-state index contributed by atoms with van der Waals surface area (Å²) in [5, 5.41) is 1.81. The first-order chi connectivity index (χ1) is 13.1. The topological polar surface area (TPSA) is 52.6 Å². The third-order valence-electron chi connectivity index (χ3n) is 3.88. The zero-order chi connectivity index (χ0) is 19.2. The van der Waals surface area contributed by atoms with Gasteiger partial charge >= 0.3 is 5.97 Å². The minimum Gasteiger partial charge on any atom is -0.493 e. The molecule has 0 radical (unpaired) electrons. The number of esters is 1. The van der Waals surface area contributed by atoms with Gasteiger partial charge in [0.2, 0.25) is 0 Å². The van der Waals surface area contributed by atoms with E-state index >= 15 is 0 Å². The number of aryl methyl sites for hydroxylation is 1. The zero-order valence-corrected chi connectivity index (χ0v) is 15.8. The molecular weight excluding hydrogens is 360 g/mol. The largest absolute Gasteiger partial charge is 0.493 e. The molecule has 0 aliphatic heterocycles. The molecule has 0 bridgehead atoms. The van der Waals surface area contributed by atoms with Crippen LogP contribution in [0.2, 0.25) is 0 Å². The van der Waals surface area contributed by atoms with Gasteiger partial charge in [-0.25, -0.2) is 4.79 Å². The number of thiophene rings is 1. The molecule has 1 aromatic heterocycles. The molecule has 0 saturated heterocycles. The van der Waals surface area contributed by atoms with E-state index in [-0.39, 0.29) is 5.78 Å². The molecule has 4 nitrogen and oxygen atoms in total. The number of ketones is 1. The third kappa shape index (κ3) is 4.71. The van der Waals surface area contributed by atoms with Crippen molar-refractivity contribution in [3.63, 3.8) is 0 Å². The number of methoxy groups -OCH3 is 1. The Kier molecular flexibility index (Phi) is 5.84. The molecular formula is C22H18O4S. The fourth-order valence-corrected chi connectivity index (χ4v) is 3.00. The van der Waals surface area contributed by atoms with Crippen LogP contribution in [0.3, 0.4) is 0 Å². The monoisotopic (exact) mass is 378 g/mol. The maximum atomic E-state index is 12.2.